The normalized spacial score (nSPS) is 20.8. The van der Waals surface area contributed by atoms with Crippen molar-refractivity contribution in [2.75, 3.05) is 4.90 Å². The molecule has 0 bridgehead atoms. The molecule has 2 unspecified atom stereocenters. The van der Waals surface area contributed by atoms with Gasteiger partial charge >= 0.3 is 5.91 Å². The van der Waals surface area contributed by atoms with Crippen molar-refractivity contribution < 1.29 is 19.4 Å². The molecule has 2 aliphatic rings. The summed E-state index contributed by atoms with van der Waals surface area (Å²) in [4.78, 5) is 32.6. The first-order valence-corrected chi connectivity index (χ1v) is 11.5. The molecule has 0 saturated carbocycles. The second kappa shape index (κ2) is 8.09. The topological polar surface area (TPSA) is 79.7 Å². The zero-order chi connectivity index (χ0) is 24.1. The number of aliphatic hydroxyl groups is 1. The summed E-state index contributed by atoms with van der Waals surface area (Å²) < 4.78 is 5.78. The molecule has 0 radical (unpaired) electrons. The summed E-state index contributed by atoms with van der Waals surface area (Å²) in [6.07, 6.45) is 2.34. The molecular formula is C29H22N2O4. The van der Waals surface area contributed by atoms with Crippen LogP contribution in [0.1, 0.15) is 29.7 Å². The number of benzene rings is 3. The molecule has 6 rings (SSSR count). The van der Waals surface area contributed by atoms with Crippen molar-refractivity contribution in [3.05, 3.63) is 107 Å². The summed E-state index contributed by atoms with van der Waals surface area (Å²) in [6, 6.07) is 23.3. The predicted molar refractivity (Wildman–Crippen MR) is 133 cm³/mol. The lowest BCUT2D eigenvalue weighted by Crippen LogP contribution is -2.30. The Morgan fingerprint density at radius 3 is 2.63 bits per heavy atom. The number of pyridine rings is 1. The highest BCUT2D eigenvalue weighted by atomic mass is 16.5. The fourth-order valence-electron chi connectivity index (χ4n) is 5.07. The Kier molecular flexibility index (Phi) is 4.88. The molecule has 3 aromatic carbocycles. The molecule has 4 aromatic rings. The van der Waals surface area contributed by atoms with E-state index in [9.17, 15) is 14.7 Å². The Hall–Kier alpha value is -4.45. The van der Waals surface area contributed by atoms with Gasteiger partial charge in [0.15, 0.2) is 0 Å². The Morgan fingerprint density at radius 2 is 1.80 bits per heavy atom. The van der Waals surface area contributed by atoms with Crippen LogP contribution in [0, 0.1) is 0 Å². The molecule has 1 fully saturated rings. The van der Waals surface area contributed by atoms with Crippen molar-refractivity contribution in [3.63, 3.8) is 0 Å². The SMILES string of the molecule is CC1Cc2cc(/C(O)=C3\C(=O)C(=O)N(c4ccccn4)C3c3cccc4ccccc34)ccc2O1. The Morgan fingerprint density at radius 1 is 1.00 bits per heavy atom. The maximum atomic E-state index is 13.4. The summed E-state index contributed by atoms with van der Waals surface area (Å²) in [5, 5.41) is 13.4. The van der Waals surface area contributed by atoms with E-state index in [1.165, 1.54) is 4.90 Å². The quantitative estimate of drug-likeness (QED) is 0.258. The van der Waals surface area contributed by atoms with E-state index in [0.717, 1.165) is 27.6 Å². The van der Waals surface area contributed by atoms with Gasteiger partial charge in [0, 0.05) is 18.2 Å². The van der Waals surface area contributed by atoms with E-state index in [1.807, 2.05) is 55.5 Å². The highest BCUT2D eigenvalue weighted by molar-refractivity contribution is 6.51. The third-order valence-electron chi connectivity index (χ3n) is 6.63. The molecule has 172 valence electrons. The van der Waals surface area contributed by atoms with Crippen LogP contribution in [0.25, 0.3) is 16.5 Å². The van der Waals surface area contributed by atoms with Gasteiger partial charge in [-0.25, -0.2) is 4.98 Å². The number of ketones is 1. The molecule has 3 heterocycles. The first-order valence-electron chi connectivity index (χ1n) is 11.5. The minimum atomic E-state index is -0.834. The molecule has 2 aliphatic heterocycles. The zero-order valence-electron chi connectivity index (χ0n) is 19.0. The fraction of sp³-hybridized carbons (Fsp3) is 0.138. The van der Waals surface area contributed by atoms with Crippen LogP contribution in [0.2, 0.25) is 0 Å². The lowest BCUT2D eigenvalue weighted by atomic mass is 9.91. The maximum absolute atomic E-state index is 13.4. The molecule has 1 saturated heterocycles. The largest absolute Gasteiger partial charge is 0.507 e. The lowest BCUT2D eigenvalue weighted by molar-refractivity contribution is -0.132. The van der Waals surface area contributed by atoms with Crippen LogP contribution in [-0.2, 0) is 16.0 Å². The first-order chi connectivity index (χ1) is 17.0. The van der Waals surface area contributed by atoms with Gasteiger partial charge in [-0.2, -0.15) is 0 Å². The molecule has 0 aliphatic carbocycles. The second-order valence-corrected chi connectivity index (χ2v) is 8.88. The van der Waals surface area contributed by atoms with Crippen LogP contribution in [0.5, 0.6) is 5.75 Å². The fourth-order valence-corrected chi connectivity index (χ4v) is 5.07. The standard InChI is InChI=1S/C29H22N2O4/c1-17-15-20-16-19(12-13-23(20)35-17)27(32)25-26(22-10-6-8-18-7-2-3-9-21(18)22)31(29(34)28(25)33)24-11-4-5-14-30-24/h2-14,16-17,26,32H,15H2,1H3/b27-25+. The molecule has 35 heavy (non-hydrogen) atoms. The highest BCUT2D eigenvalue weighted by Crippen LogP contribution is 2.44. The summed E-state index contributed by atoms with van der Waals surface area (Å²) in [5.41, 5.74) is 2.23. The minimum absolute atomic E-state index is 0.0453. The van der Waals surface area contributed by atoms with Gasteiger partial charge in [-0.3, -0.25) is 14.5 Å². The maximum Gasteiger partial charge on any atom is 0.301 e. The summed E-state index contributed by atoms with van der Waals surface area (Å²) in [6.45, 7) is 1.98. The van der Waals surface area contributed by atoms with Crippen LogP contribution in [0.3, 0.4) is 0 Å². The van der Waals surface area contributed by atoms with Crippen molar-refractivity contribution in [1.29, 1.82) is 0 Å². The number of hydrogen-bond donors (Lipinski definition) is 1. The van der Waals surface area contributed by atoms with Crippen molar-refractivity contribution in [1.82, 2.24) is 4.98 Å². The summed E-state index contributed by atoms with van der Waals surface area (Å²) in [7, 11) is 0. The third-order valence-corrected chi connectivity index (χ3v) is 6.63. The van der Waals surface area contributed by atoms with Gasteiger partial charge in [-0.15, -0.1) is 0 Å². The molecule has 1 aromatic heterocycles. The van der Waals surface area contributed by atoms with Crippen LogP contribution >= 0.6 is 0 Å². The van der Waals surface area contributed by atoms with E-state index in [2.05, 4.69) is 4.98 Å². The van der Waals surface area contributed by atoms with E-state index in [4.69, 9.17) is 4.74 Å². The second-order valence-electron chi connectivity index (χ2n) is 8.88. The summed E-state index contributed by atoms with van der Waals surface area (Å²) in [5.74, 6) is -0.545. The lowest BCUT2D eigenvalue weighted by Gasteiger charge is -2.25. The van der Waals surface area contributed by atoms with Gasteiger partial charge in [0.25, 0.3) is 5.78 Å². The Bertz CT molecular complexity index is 1520. The van der Waals surface area contributed by atoms with E-state index >= 15 is 0 Å². The molecular weight excluding hydrogens is 440 g/mol. The van der Waals surface area contributed by atoms with Crippen molar-refractivity contribution >= 4 is 34.0 Å². The monoisotopic (exact) mass is 462 g/mol. The molecule has 6 nitrogen and oxygen atoms in total. The van der Waals surface area contributed by atoms with Crippen LogP contribution in [-0.4, -0.2) is 27.9 Å². The number of nitrogens with zero attached hydrogens (tertiary/aromatic N) is 2. The number of anilines is 1. The zero-order valence-corrected chi connectivity index (χ0v) is 19.0. The van der Waals surface area contributed by atoms with Gasteiger partial charge in [-0.05, 0) is 59.2 Å². The minimum Gasteiger partial charge on any atom is -0.507 e. The number of amides is 1. The summed E-state index contributed by atoms with van der Waals surface area (Å²) >= 11 is 0. The molecule has 1 amide bonds. The molecule has 0 spiro atoms. The smallest absolute Gasteiger partial charge is 0.301 e. The number of carbonyl (C=O) groups excluding carboxylic acids is 2. The van der Waals surface area contributed by atoms with Gasteiger partial charge in [0.2, 0.25) is 0 Å². The number of fused-ring (bicyclic) bond motifs is 2. The van der Waals surface area contributed by atoms with E-state index in [1.54, 1.807) is 36.5 Å². The van der Waals surface area contributed by atoms with Gasteiger partial charge in [0.1, 0.15) is 23.4 Å². The van der Waals surface area contributed by atoms with Crippen LogP contribution < -0.4 is 9.64 Å². The number of Topliss-reactive ketones (excluding diaryl/α,β-unsaturated/α-hetero) is 1. The Labute approximate surface area is 202 Å². The van der Waals surface area contributed by atoms with Gasteiger partial charge < -0.3 is 9.84 Å². The number of aromatic nitrogens is 1. The number of hydrogen-bond acceptors (Lipinski definition) is 5. The Balaban J connectivity index is 1.60. The average Bonchev–Trinajstić information content (AvgIpc) is 3.39. The first kappa shape index (κ1) is 21.1. The number of carbonyl (C=O) groups is 2. The van der Waals surface area contributed by atoms with E-state index in [0.29, 0.717) is 17.8 Å². The predicted octanol–water partition coefficient (Wildman–Crippen LogP) is 5.18. The molecule has 1 N–H and O–H groups in total. The number of ether oxygens (including phenoxy) is 1. The van der Waals surface area contributed by atoms with Gasteiger partial charge in [-0.1, -0.05) is 48.5 Å². The molecule has 2 atom stereocenters. The van der Waals surface area contributed by atoms with Gasteiger partial charge in [0.05, 0.1) is 11.6 Å². The van der Waals surface area contributed by atoms with Crippen molar-refractivity contribution in [2.45, 2.75) is 25.5 Å². The highest BCUT2D eigenvalue weighted by Gasteiger charge is 2.48. The van der Waals surface area contributed by atoms with E-state index in [-0.39, 0.29) is 17.4 Å². The number of rotatable bonds is 3. The van der Waals surface area contributed by atoms with Crippen molar-refractivity contribution in [2.24, 2.45) is 0 Å². The average molecular weight is 463 g/mol. The van der Waals surface area contributed by atoms with Crippen LogP contribution in [0.4, 0.5) is 5.82 Å². The van der Waals surface area contributed by atoms with E-state index < -0.39 is 17.7 Å². The van der Waals surface area contributed by atoms with Crippen molar-refractivity contribution in [3.8, 4) is 5.75 Å². The molecule has 6 heteroatoms. The van der Waals surface area contributed by atoms with Crippen LogP contribution in [0.15, 0.2) is 90.6 Å². The number of aliphatic hydroxyl groups excluding tert-OH is 1. The third kappa shape index (κ3) is 3.37.